The van der Waals surface area contributed by atoms with Gasteiger partial charge in [0.2, 0.25) is 12.2 Å². The molecule has 2 aromatic carbocycles. The smallest absolute Gasteiger partial charge is 0.416 e. The van der Waals surface area contributed by atoms with Crippen molar-refractivity contribution >= 4 is 17.2 Å². The molecule has 0 aliphatic heterocycles. The molecule has 0 amide bonds. The van der Waals surface area contributed by atoms with Gasteiger partial charge in [-0.15, -0.1) is 0 Å². The molecular weight excluding hydrogens is 437 g/mol. The van der Waals surface area contributed by atoms with Gasteiger partial charge in [-0.3, -0.25) is 0 Å². The molecule has 0 spiro atoms. The van der Waals surface area contributed by atoms with E-state index in [2.05, 4.69) is 20.6 Å². The average molecular weight is 462 g/mol. The Kier molecular flexibility index (Phi) is 7.56. The predicted molar refractivity (Wildman–Crippen MR) is 120 cm³/mol. The number of hydrogen-bond acceptors (Lipinski definition) is 8. The van der Waals surface area contributed by atoms with E-state index in [-0.39, 0.29) is 11.3 Å². The van der Waals surface area contributed by atoms with E-state index in [9.17, 15) is 18.3 Å². The number of aryl methyl sites for hydroxylation is 1. The molecule has 0 bridgehead atoms. The first-order chi connectivity index (χ1) is 15.7. The van der Waals surface area contributed by atoms with Gasteiger partial charge in [0.25, 0.3) is 0 Å². The number of likely N-dealkylation sites (N-methyl/N-ethyl adjacent to an activating group) is 1. The van der Waals surface area contributed by atoms with Crippen LogP contribution in [0.2, 0.25) is 0 Å². The number of aliphatic hydroxyl groups excluding tert-OH is 1. The summed E-state index contributed by atoms with van der Waals surface area (Å²) < 4.78 is 44.9. The third-order valence-corrected chi connectivity index (χ3v) is 4.71. The zero-order valence-electron chi connectivity index (χ0n) is 18.1. The van der Waals surface area contributed by atoms with Gasteiger partial charge in [-0.05, 0) is 48.9 Å². The highest BCUT2D eigenvalue weighted by Crippen LogP contribution is 2.33. The number of nitrogens with two attached hydrogens (primary N) is 1. The Labute approximate surface area is 189 Å². The molecule has 3 aromatic rings. The summed E-state index contributed by atoms with van der Waals surface area (Å²) in [7, 11) is 1.86. The van der Waals surface area contributed by atoms with Gasteiger partial charge in [-0.2, -0.15) is 13.2 Å². The van der Waals surface area contributed by atoms with E-state index in [0.717, 1.165) is 6.07 Å². The molecule has 0 aliphatic rings. The van der Waals surface area contributed by atoms with E-state index in [1.165, 1.54) is 25.4 Å². The molecule has 33 heavy (non-hydrogen) atoms. The minimum absolute atomic E-state index is 0.105. The topological polar surface area (TPSA) is 109 Å². The standard InChI is InChI=1S/C22H25F3N6O2/c1-14-3-4-16(11-18(14)22(23,24)25)30-21(32)29-15-5-7-17(8-6-15)33-20-12-19(27-13-28-20)31(2)10-9-26/h3-8,11-13,21,29-30,32H,9-10,26H2,1-2H3. The summed E-state index contributed by atoms with van der Waals surface area (Å²) in [5.41, 5.74) is 5.56. The lowest BCUT2D eigenvalue weighted by Gasteiger charge is -2.19. The van der Waals surface area contributed by atoms with Crippen LogP contribution in [-0.2, 0) is 6.18 Å². The van der Waals surface area contributed by atoms with Gasteiger partial charge in [-0.1, -0.05) is 6.07 Å². The molecule has 176 valence electrons. The van der Waals surface area contributed by atoms with Gasteiger partial charge < -0.3 is 31.1 Å². The number of alkyl halides is 3. The van der Waals surface area contributed by atoms with Crippen LogP contribution in [0.15, 0.2) is 54.9 Å². The van der Waals surface area contributed by atoms with Crippen LogP contribution in [0.1, 0.15) is 11.1 Å². The number of nitrogens with one attached hydrogen (secondary N) is 2. The fraction of sp³-hybridized carbons (Fsp3) is 0.273. The quantitative estimate of drug-likeness (QED) is 0.356. The average Bonchev–Trinajstić information content (AvgIpc) is 2.76. The Morgan fingerprint density at radius 1 is 1.06 bits per heavy atom. The molecule has 5 N–H and O–H groups in total. The second kappa shape index (κ2) is 10.4. The fourth-order valence-electron chi connectivity index (χ4n) is 3.01. The number of ether oxygens (including phenoxy) is 1. The monoisotopic (exact) mass is 462 g/mol. The van der Waals surface area contributed by atoms with Crippen LogP contribution in [0, 0.1) is 6.92 Å². The largest absolute Gasteiger partial charge is 0.439 e. The van der Waals surface area contributed by atoms with Gasteiger partial charge in [0.15, 0.2) is 0 Å². The molecule has 3 rings (SSSR count). The Hall–Kier alpha value is -3.57. The minimum Gasteiger partial charge on any atom is -0.439 e. The molecule has 0 saturated heterocycles. The molecule has 0 saturated carbocycles. The van der Waals surface area contributed by atoms with Gasteiger partial charge in [-0.25, -0.2) is 9.97 Å². The zero-order chi connectivity index (χ0) is 24.0. The van der Waals surface area contributed by atoms with Crippen molar-refractivity contribution in [3.63, 3.8) is 0 Å². The van der Waals surface area contributed by atoms with Crippen LogP contribution in [0.5, 0.6) is 11.6 Å². The summed E-state index contributed by atoms with van der Waals surface area (Å²) in [6, 6.07) is 12.1. The maximum absolute atomic E-state index is 13.1. The summed E-state index contributed by atoms with van der Waals surface area (Å²) in [6.45, 7) is 2.50. The SMILES string of the molecule is Cc1ccc(NC(O)Nc2ccc(Oc3cc(N(C)CCN)ncn3)cc2)cc1C(F)(F)F. The highest BCUT2D eigenvalue weighted by Gasteiger charge is 2.32. The number of benzene rings is 2. The van der Waals surface area contributed by atoms with Gasteiger partial charge in [0.05, 0.1) is 5.56 Å². The van der Waals surface area contributed by atoms with Crippen molar-refractivity contribution in [1.29, 1.82) is 0 Å². The maximum atomic E-state index is 13.1. The molecule has 0 radical (unpaired) electrons. The summed E-state index contributed by atoms with van der Waals surface area (Å²) >= 11 is 0. The van der Waals surface area contributed by atoms with Crippen LogP contribution < -0.4 is 26.0 Å². The molecule has 11 heteroatoms. The molecule has 8 nitrogen and oxygen atoms in total. The van der Waals surface area contributed by atoms with Gasteiger partial charge in [0, 0.05) is 37.6 Å². The maximum Gasteiger partial charge on any atom is 0.416 e. The number of nitrogens with zero attached hydrogens (tertiary/aromatic N) is 3. The highest BCUT2D eigenvalue weighted by molar-refractivity contribution is 5.53. The normalized spacial score (nSPS) is 12.2. The Morgan fingerprint density at radius 3 is 2.39 bits per heavy atom. The van der Waals surface area contributed by atoms with Crippen molar-refractivity contribution in [3.05, 3.63) is 66.0 Å². The van der Waals surface area contributed by atoms with Crippen molar-refractivity contribution in [3.8, 4) is 11.6 Å². The third kappa shape index (κ3) is 6.70. The van der Waals surface area contributed by atoms with Crippen LogP contribution in [0.3, 0.4) is 0 Å². The second-order valence-electron chi connectivity index (χ2n) is 7.27. The van der Waals surface area contributed by atoms with E-state index >= 15 is 0 Å². The molecule has 1 heterocycles. The summed E-state index contributed by atoms with van der Waals surface area (Å²) in [5, 5.41) is 15.5. The van der Waals surface area contributed by atoms with Crippen molar-refractivity contribution in [2.24, 2.45) is 5.73 Å². The zero-order valence-corrected chi connectivity index (χ0v) is 18.1. The van der Waals surface area contributed by atoms with Crippen LogP contribution >= 0.6 is 0 Å². The lowest BCUT2D eigenvalue weighted by Crippen LogP contribution is -2.28. The first-order valence-electron chi connectivity index (χ1n) is 10.1. The van der Waals surface area contributed by atoms with Gasteiger partial charge >= 0.3 is 6.18 Å². The summed E-state index contributed by atoms with van der Waals surface area (Å²) in [5.74, 6) is 1.52. The summed E-state index contributed by atoms with van der Waals surface area (Å²) in [4.78, 5) is 10.1. The predicted octanol–water partition coefficient (Wildman–Crippen LogP) is 3.79. The van der Waals surface area contributed by atoms with Crippen molar-refractivity contribution in [1.82, 2.24) is 9.97 Å². The molecule has 1 aromatic heterocycles. The lowest BCUT2D eigenvalue weighted by molar-refractivity contribution is -0.138. The number of aromatic nitrogens is 2. The molecule has 0 fully saturated rings. The molecular formula is C22H25F3N6O2. The van der Waals surface area contributed by atoms with E-state index in [1.54, 1.807) is 30.3 Å². The van der Waals surface area contributed by atoms with E-state index in [1.807, 2.05) is 11.9 Å². The Balaban J connectivity index is 1.60. The molecule has 1 atom stereocenters. The lowest BCUT2D eigenvalue weighted by atomic mass is 10.1. The van der Waals surface area contributed by atoms with E-state index < -0.39 is 18.1 Å². The number of halogens is 3. The minimum atomic E-state index is -4.47. The van der Waals surface area contributed by atoms with E-state index in [4.69, 9.17) is 10.5 Å². The number of aliphatic hydroxyl groups is 1. The van der Waals surface area contributed by atoms with Crippen molar-refractivity contribution in [2.75, 3.05) is 35.7 Å². The van der Waals surface area contributed by atoms with Gasteiger partial charge in [0.1, 0.15) is 17.9 Å². The molecule has 0 aliphatic carbocycles. The first kappa shape index (κ1) is 24.1. The Bertz CT molecular complexity index is 1060. The van der Waals surface area contributed by atoms with Crippen LogP contribution in [0.4, 0.5) is 30.4 Å². The van der Waals surface area contributed by atoms with Crippen molar-refractivity contribution in [2.45, 2.75) is 19.5 Å². The fourth-order valence-corrected chi connectivity index (χ4v) is 3.01. The Morgan fingerprint density at radius 2 is 1.73 bits per heavy atom. The highest BCUT2D eigenvalue weighted by atomic mass is 19.4. The van der Waals surface area contributed by atoms with Crippen LogP contribution in [-0.4, -0.2) is 41.6 Å². The van der Waals surface area contributed by atoms with Crippen LogP contribution in [0.25, 0.3) is 0 Å². The number of hydrogen-bond donors (Lipinski definition) is 4. The first-order valence-corrected chi connectivity index (χ1v) is 10.1. The molecule has 1 unspecified atom stereocenters. The van der Waals surface area contributed by atoms with E-state index in [0.29, 0.717) is 36.2 Å². The third-order valence-electron chi connectivity index (χ3n) is 4.71. The number of rotatable bonds is 9. The number of anilines is 3. The summed E-state index contributed by atoms with van der Waals surface area (Å²) in [6.07, 6.45) is -4.39. The van der Waals surface area contributed by atoms with Crippen molar-refractivity contribution < 1.29 is 23.0 Å². The second-order valence-corrected chi connectivity index (χ2v) is 7.27.